The molecule has 8 heteroatoms. The third-order valence-electron chi connectivity index (χ3n) is 4.89. The second kappa shape index (κ2) is 6.80. The number of ether oxygens (including phenoxy) is 1. The van der Waals surface area contributed by atoms with E-state index in [1.54, 1.807) is 9.47 Å². The molecule has 0 atom stereocenters. The van der Waals surface area contributed by atoms with Crippen LogP contribution in [-0.2, 0) is 17.8 Å². The van der Waals surface area contributed by atoms with Gasteiger partial charge in [0.15, 0.2) is 0 Å². The summed E-state index contributed by atoms with van der Waals surface area (Å²) in [6, 6.07) is 7.68. The summed E-state index contributed by atoms with van der Waals surface area (Å²) in [6.07, 6.45) is 1.48. The molecule has 2 aliphatic rings. The molecule has 2 aliphatic heterocycles. The van der Waals surface area contributed by atoms with Crippen LogP contribution in [0.3, 0.4) is 0 Å². The summed E-state index contributed by atoms with van der Waals surface area (Å²) in [5.41, 5.74) is 7.39. The van der Waals surface area contributed by atoms with E-state index in [-0.39, 0.29) is 5.91 Å². The first kappa shape index (κ1) is 16.6. The molecule has 26 heavy (non-hydrogen) atoms. The average molecular weight is 355 g/mol. The number of para-hydroxylation sites is 1. The van der Waals surface area contributed by atoms with Crippen molar-refractivity contribution in [1.82, 2.24) is 14.5 Å². The number of imidazole rings is 1. The lowest BCUT2D eigenvalue weighted by atomic mass is 10.1. The van der Waals surface area contributed by atoms with E-state index in [1.165, 1.54) is 6.20 Å². The summed E-state index contributed by atoms with van der Waals surface area (Å²) in [5, 5.41) is 0. The monoisotopic (exact) mass is 355 g/mol. The Morgan fingerprint density at radius 2 is 1.85 bits per heavy atom. The predicted octanol–water partition coefficient (Wildman–Crippen LogP) is 0.475. The molecule has 0 bridgehead atoms. The first-order valence-electron chi connectivity index (χ1n) is 8.70. The Bertz CT molecular complexity index is 841. The Morgan fingerprint density at radius 3 is 2.62 bits per heavy atom. The number of nitrogens with two attached hydrogens (primary N) is 1. The minimum atomic E-state index is -0.499. The fraction of sp³-hybridized carbons (Fsp3) is 0.389. The van der Waals surface area contributed by atoms with E-state index in [2.05, 4.69) is 9.88 Å². The lowest BCUT2D eigenvalue weighted by molar-refractivity contribution is 0.0705. The maximum atomic E-state index is 13.2. The molecule has 0 radical (unpaired) electrons. The highest BCUT2D eigenvalue weighted by atomic mass is 16.5. The Kier molecular flexibility index (Phi) is 4.34. The summed E-state index contributed by atoms with van der Waals surface area (Å²) < 4.78 is 7.20. The number of hydrogen-bond donors (Lipinski definition) is 1. The molecule has 2 amide bonds. The van der Waals surface area contributed by atoms with E-state index in [9.17, 15) is 9.59 Å². The average Bonchev–Trinajstić information content (AvgIpc) is 3.11. The van der Waals surface area contributed by atoms with Crippen LogP contribution in [-0.4, -0.2) is 59.1 Å². The van der Waals surface area contributed by atoms with Crippen molar-refractivity contribution in [2.75, 3.05) is 37.7 Å². The van der Waals surface area contributed by atoms with Gasteiger partial charge in [-0.15, -0.1) is 0 Å². The Hall–Kier alpha value is -2.87. The van der Waals surface area contributed by atoms with Crippen molar-refractivity contribution in [3.8, 4) is 0 Å². The molecule has 1 fully saturated rings. The van der Waals surface area contributed by atoms with Crippen LogP contribution in [0.1, 0.15) is 26.7 Å². The highest BCUT2D eigenvalue weighted by Crippen LogP contribution is 2.25. The Labute approximate surface area is 151 Å². The van der Waals surface area contributed by atoms with Crippen molar-refractivity contribution in [3.63, 3.8) is 0 Å². The second-order valence-corrected chi connectivity index (χ2v) is 6.42. The number of primary amides is 1. The van der Waals surface area contributed by atoms with E-state index in [4.69, 9.17) is 10.5 Å². The van der Waals surface area contributed by atoms with Crippen molar-refractivity contribution in [2.45, 2.75) is 13.1 Å². The summed E-state index contributed by atoms with van der Waals surface area (Å²) in [4.78, 5) is 32.8. The molecular weight excluding hydrogens is 334 g/mol. The minimum Gasteiger partial charge on any atom is -0.378 e. The third kappa shape index (κ3) is 2.92. The number of amides is 2. The van der Waals surface area contributed by atoms with Gasteiger partial charge in [0, 0.05) is 31.9 Å². The molecule has 2 N–H and O–H groups in total. The van der Waals surface area contributed by atoms with Crippen molar-refractivity contribution in [3.05, 3.63) is 47.5 Å². The summed E-state index contributed by atoms with van der Waals surface area (Å²) in [5.74, 6) is 0.158. The molecule has 136 valence electrons. The van der Waals surface area contributed by atoms with Gasteiger partial charge in [-0.3, -0.25) is 9.59 Å². The van der Waals surface area contributed by atoms with Gasteiger partial charge in [0.05, 0.1) is 31.5 Å². The molecule has 3 heterocycles. The standard InChI is InChI=1S/C18H21N5O3/c19-17(24)15-11-20-16-12-22(5-6-23(15)16)18(25)13-3-1-2-4-14(13)21-7-9-26-10-8-21/h1-4,11H,5-10,12H2,(H2,19,24). The molecule has 0 saturated carbocycles. The second-order valence-electron chi connectivity index (χ2n) is 6.42. The molecule has 1 aromatic carbocycles. The number of aromatic nitrogens is 2. The number of carbonyl (C=O) groups excluding carboxylic acids is 2. The van der Waals surface area contributed by atoms with E-state index in [0.29, 0.717) is 49.9 Å². The molecule has 1 aromatic heterocycles. The first-order valence-corrected chi connectivity index (χ1v) is 8.70. The van der Waals surface area contributed by atoms with Gasteiger partial charge in [0.25, 0.3) is 11.8 Å². The highest BCUT2D eigenvalue weighted by Gasteiger charge is 2.27. The molecule has 4 rings (SSSR count). The molecule has 2 aromatic rings. The smallest absolute Gasteiger partial charge is 0.266 e. The zero-order valence-corrected chi connectivity index (χ0v) is 14.4. The van der Waals surface area contributed by atoms with Crippen LogP contribution in [0.2, 0.25) is 0 Å². The van der Waals surface area contributed by atoms with E-state index >= 15 is 0 Å². The Balaban J connectivity index is 1.58. The van der Waals surface area contributed by atoms with E-state index < -0.39 is 5.91 Å². The van der Waals surface area contributed by atoms with Crippen LogP contribution in [0.4, 0.5) is 5.69 Å². The molecular formula is C18H21N5O3. The number of hydrogen-bond acceptors (Lipinski definition) is 5. The molecule has 0 unspecified atom stereocenters. The van der Waals surface area contributed by atoms with Crippen LogP contribution < -0.4 is 10.6 Å². The fourth-order valence-corrected chi connectivity index (χ4v) is 3.54. The number of carbonyl (C=O) groups is 2. The number of morpholine rings is 1. The first-order chi connectivity index (χ1) is 12.6. The highest BCUT2D eigenvalue weighted by molar-refractivity contribution is 6.00. The molecule has 1 saturated heterocycles. The summed E-state index contributed by atoms with van der Waals surface area (Å²) in [6.45, 7) is 4.27. The van der Waals surface area contributed by atoms with E-state index in [0.717, 1.165) is 18.8 Å². The number of nitrogens with zero attached hydrogens (tertiary/aromatic N) is 4. The van der Waals surface area contributed by atoms with Crippen molar-refractivity contribution in [2.24, 2.45) is 5.73 Å². The third-order valence-corrected chi connectivity index (χ3v) is 4.89. The van der Waals surface area contributed by atoms with Gasteiger partial charge in [-0.2, -0.15) is 0 Å². The molecule has 0 spiro atoms. The van der Waals surface area contributed by atoms with Gasteiger partial charge in [-0.25, -0.2) is 4.98 Å². The lowest BCUT2D eigenvalue weighted by Gasteiger charge is -2.33. The zero-order valence-electron chi connectivity index (χ0n) is 14.4. The van der Waals surface area contributed by atoms with Gasteiger partial charge in [-0.1, -0.05) is 12.1 Å². The van der Waals surface area contributed by atoms with Gasteiger partial charge < -0.3 is 24.8 Å². The van der Waals surface area contributed by atoms with Crippen LogP contribution in [0, 0.1) is 0 Å². The van der Waals surface area contributed by atoms with Crippen LogP contribution in [0.15, 0.2) is 30.5 Å². The van der Waals surface area contributed by atoms with Gasteiger partial charge in [0.2, 0.25) is 0 Å². The normalized spacial score (nSPS) is 17.1. The predicted molar refractivity (Wildman–Crippen MR) is 95.0 cm³/mol. The maximum absolute atomic E-state index is 13.2. The quantitative estimate of drug-likeness (QED) is 0.864. The number of benzene rings is 1. The summed E-state index contributed by atoms with van der Waals surface area (Å²) >= 11 is 0. The van der Waals surface area contributed by atoms with Crippen molar-refractivity contribution < 1.29 is 14.3 Å². The van der Waals surface area contributed by atoms with Gasteiger partial charge in [0.1, 0.15) is 11.5 Å². The minimum absolute atomic E-state index is 0.0260. The van der Waals surface area contributed by atoms with Gasteiger partial charge in [-0.05, 0) is 12.1 Å². The molecule has 8 nitrogen and oxygen atoms in total. The largest absolute Gasteiger partial charge is 0.378 e. The number of rotatable bonds is 3. The van der Waals surface area contributed by atoms with Gasteiger partial charge >= 0.3 is 0 Å². The number of fused-ring (bicyclic) bond motifs is 1. The van der Waals surface area contributed by atoms with Crippen LogP contribution in [0.5, 0.6) is 0 Å². The summed E-state index contributed by atoms with van der Waals surface area (Å²) in [7, 11) is 0. The maximum Gasteiger partial charge on any atom is 0.266 e. The number of anilines is 1. The Morgan fingerprint density at radius 1 is 1.08 bits per heavy atom. The zero-order chi connectivity index (χ0) is 18.1. The van der Waals surface area contributed by atoms with E-state index in [1.807, 2.05) is 24.3 Å². The van der Waals surface area contributed by atoms with Crippen molar-refractivity contribution in [1.29, 1.82) is 0 Å². The molecule has 0 aliphatic carbocycles. The van der Waals surface area contributed by atoms with Crippen LogP contribution in [0.25, 0.3) is 0 Å². The van der Waals surface area contributed by atoms with Crippen LogP contribution >= 0.6 is 0 Å². The van der Waals surface area contributed by atoms with Crippen molar-refractivity contribution >= 4 is 17.5 Å². The lowest BCUT2D eigenvalue weighted by Crippen LogP contribution is -2.41. The fourth-order valence-electron chi connectivity index (χ4n) is 3.54. The topological polar surface area (TPSA) is 93.7 Å². The SMILES string of the molecule is NC(=O)c1cnc2n1CCN(C(=O)c1ccccc1N1CCOCC1)C2.